The van der Waals surface area contributed by atoms with Crippen LogP contribution in [0.25, 0.3) is 0 Å². The van der Waals surface area contributed by atoms with E-state index < -0.39 is 0 Å². The minimum Gasteiger partial charge on any atom is -0.492 e. The molecule has 2 aromatic rings. The maximum atomic E-state index is 12.4. The van der Waals surface area contributed by atoms with Gasteiger partial charge in [0.15, 0.2) is 5.82 Å². The van der Waals surface area contributed by atoms with Crippen molar-refractivity contribution < 1.29 is 14.1 Å². The second-order valence-corrected chi connectivity index (χ2v) is 7.76. The Morgan fingerprint density at radius 2 is 2.04 bits per heavy atom. The first-order valence-electron chi connectivity index (χ1n) is 9.16. The van der Waals surface area contributed by atoms with Gasteiger partial charge in [-0.2, -0.15) is 4.98 Å². The normalized spacial score (nSPS) is 15.7. The van der Waals surface area contributed by atoms with Crippen LogP contribution < -0.4 is 4.74 Å². The molecule has 2 heterocycles. The van der Waals surface area contributed by atoms with Gasteiger partial charge >= 0.3 is 0 Å². The van der Waals surface area contributed by atoms with E-state index in [-0.39, 0.29) is 5.91 Å². The van der Waals surface area contributed by atoms with Gasteiger partial charge in [0.1, 0.15) is 12.4 Å². The molecule has 27 heavy (non-hydrogen) atoms. The molecule has 0 bridgehead atoms. The summed E-state index contributed by atoms with van der Waals surface area (Å²) in [6.45, 7) is 5.03. The van der Waals surface area contributed by atoms with E-state index in [1.54, 1.807) is 4.90 Å². The summed E-state index contributed by atoms with van der Waals surface area (Å²) in [5, 5.41) is 3.86. The fraction of sp³-hybridized carbons (Fsp3) is 0.526. The molecule has 7 nitrogen and oxygen atoms in total. The van der Waals surface area contributed by atoms with Crippen LogP contribution >= 0.6 is 15.9 Å². The Morgan fingerprint density at radius 3 is 2.67 bits per heavy atom. The summed E-state index contributed by atoms with van der Waals surface area (Å²) in [6.07, 6.45) is 1.87. The number of hydrogen-bond donors (Lipinski definition) is 0. The summed E-state index contributed by atoms with van der Waals surface area (Å²) in [6, 6.07) is 7.68. The SMILES string of the molecule is Cc1noc(C2CCN(CC(=O)N(C)CCOc3ccc(Br)cc3)CC2)n1. The molecule has 3 rings (SSSR count). The number of halogens is 1. The molecule has 0 spiro atoms. The van der Waals surface area contributed by atoms with Crippen LogP contribution in [0.2, 0.25) is 0 Å². The largest absolute Gasteiger partial charge is 0.492 e. The van der Waals surface area contributed by atoms with Gasteiger partial charge < -0.3 is 14.2 Å². The van der Waals surface area contributed by atoms with Gasteiger partial charge in [-0.05, 0) is 57.1 Å². The molecule has 1 aromatic heterocycles. The molecule has 146 valence electrons. The lowest BCUT2D eigenvalue weighted by Gasteiger charge is -2.31. The summed E-state index contributed by atoms with van der Waals surface area (Å²) in [7, 11) is 1.82. The number of likely N-dealkylation sites (tertiary alicyclic amines) is 1. The van der Waals surface area contributed by atoms with Crippen molar-refractivity contribution in [3.63, 3.8) is 0 Å². The zero-order valence-corrected chi connectivity index (χ0v) is 17.3. The number of nitrogens with zero attached hydrogens (tertiary/aromatic N) is 4. The highest BCUT2D eigenvalue weighted by molar-refractivity contribution is 9.10. The lowest BCUT2D eigenvalue weighted by molar-refractivity contribution is -0.131. The number of hydrogen-bond acceptors (Lipinski definition) is 6. The van der Waals surface area contributed by atoms with Crippen molar-refractivity contribution in [3.8, 4) is 5.75 Å². The van der Waals surface area contributed by atoms with Crippen molar-refractivity contribution in [2.45, 2.75) is 25.7 Å². The van der Waals surface area contributed by atoms with Crippen molar-refractivity contribution in [2.75, 3.05) is 39.8 Å². The zero-order valence-electron chi connectivity index (χ0n) is 15.7. The number of piperidine rings is 1. The van der Waals surface area contributed by atoms with Gasteiger partial charge in [0, 0.05) is 17.4 Å². The maximum Gasteiger partial charge on any atom is 0.236 e. The minimum atomic E-state index is 0.112. The van der Waals surface area contributed by atoms with Crippen LogP contribution in [-0.2, 0) is 4.79 Å². The van der Waals surface area contributed by atoms with Crippen LogP contribution in [0.4, 0.5) is 0 Å². The summed E-state index contributed by atoms with van der Waals surface area (Å²) >= 11 is 3.40. The van der Waals surface area contributed by atoms with Gasteiger partial charge in [-0.25, -0.2) is 0 Å². The quantitative estimate of drug-likeness (QED) is 0.664. The molecule has 0 radical (unpaired) electrons. The Balaban J connectivity index is 1.36. The molecule has 1 fully saturated rings. The highest BCUT2D eigenvalue weighted by Gasteiger charge is 2.26. The number of rotatable bonds is 7. The first kappa shape index (κ1) is 19.8. The van der Waals surface area contributed by atoms with E-state index in [0.29, 0.717) is 31.4 Å². The number of likely N-dealkylation sites (N-methyl/N-ethyl adjacent to an activating group) is 1. The molecule has 1 aromatic carbocycles. The topological polar surface area (TPSA) is 71.7 Å². The van der Waals surface area contributed by atoms with E-state index in [1.807, 2.05) is 38.2 Å². The maximum absolute atomic E-state index is 12.4. The molecular weight excluding hydrogens is 412 g/mol. The van der Waals surface area contributed by atoms with Gasteiger partial charge in [0.05, 0.1) is 13.1 Å². The second kappa shape index (κ2) is 9.32. The van der Waals surface area contributed by atoms with E-state index >= 15 is 0 Å². The Morgan fingerprint density at radius 1 is 1.33 bits per heavy atom. The molecular formula is C19H25BrN4O3. The van der Waals surface area contributed by atoms with Crippen LogP contribution in [0.15, 0.2) is 33.3 Å². The molecule has 0 atom stereocenters. The minimum absolute atomic E-state index is 0.112. The lowest BCUT2D eigenvalue weighted by atomic mass is 9.97. The van der Waals surface area contributed by atoms with Crippen molar-refractivity contribution in [1.29, 1.82) is 0 Å². The second-order valence-electron chi connectivity index (χ2n) is 6.85. The van der Waals surface area contributed by atoms with Gasteiger partial charge in [-0.3, -0.25) is 9.69 Å². The van der Waals surface area contributed by atoms with E-state index in [0.717, 1.165) is 42.0 Å². The first-order chi connectivity index (χ1) is 13.0. The number of benzene rings is 1. The fourth-order valence-corrected chi connectivity index (χ4v) is 3.35. The van der Waals surface area contributed by atoms with E-state index in [1.165, 1.54) is 0 Å². The number of amides is 1. The standard InChI is InChI=1S/C19H25BrN4O3/c1-14-21-19(27-22-14)15-7-9-24(10-8-15)13-18(25)23(2)11-12-26-17-5-3-16(20)4-6-17/h3-6,15H,7-13H2,1-2H3. The van der Waals surface area contributed by atoms with Crippen molar-refractivity contribution in [2.24, 2.45) is 0 Å². The summed E-state index contributed by atoms with van der Waals surface area (Å²) in [4.78, 5) is 20.7. The third-order valence-electron chi connectivity index (χ3n) is 4.77. The van der Waals surface area contributed by atoms with Crippen LogP contribution in [0.1, 0.15) is 30.5 Å². The smallest absolute Gasteiger partial charge is 0.236 e. The van der Waals surface area contributed by atoms with Gasteiger partial charge in [-0.1, -0.05) is 21.1 Å². The lowest BCUT2D eigenvalue weighted by Crippen LogP contribution is -2.42. The first-order valence-corrected chi connectivity index (χ1v) is 9.95. The molecule has 0 unspecified atom stereocenters. The fourth-order valence-electron chi connectivity index (χ4n) is 3.08. The molecule has 1 saturated heterocycles. The van der Waals surface area contributed by atoms with E-state index in [9.17, 15) is 4.79 Å². The molecule has 8 heteroatoms. The predicted octanol–water partition coefficient (Wildman–Crippen LogP) is 2.86. The van der Waals surface area contributed by atoms with Gasteiger partial charge in [-0.15, -0.1) is 0 Å². The highest BCUT2D eigenvalue weighted by Crippen LogP contribution is 2.26. The van der Waals surface area contributed by atoms with Crippen molar-refractivity contribution in [3.05, 3.63) is 40.5 Å². The van der Waals surface area contributed by atoms with Crippen LogP contribution in [-0.4, -0.2) is 65.7 Å². The van der Waals surface area contributed by atoms with Gasteiger partial charge in [0.25, 0.3) is 0 Å². The summed E-state index contributed by atoms with van der Waals surface area (Å²) < 4.78 is 12.0. The predicted molar refractivity (Wildman–Crippen MR) is 105 cm³/mol. The van der Waals surface area contributed by atoms with Crippen LogP contribution in [0.5, 0.6) is 5.75 Å². The van der Waals surface area contributed by atoms with Crippen molar-refractivity contribution in [1.82, 2.24) is 19.9 Å². The Hall–Kier alpha value is -1.93. The highest BCUT2D eigenvalue weighted by atomic mass is 79.9. The molecule has 1 amide bonds. The van der Waals surface area contributed by atoms with E-state index in [2.05, 4.69) is 31.0 Å². The van der Waals surface area contributed by atoms with Crippen LogP contribution in [0, 0.1) is 6.92 Å². The Bertz CT molecular complexity index is 742. The Kier molecular flexibility index (Phi) is 6.84. The summed E-state index contributed by atoms with van der Waals surface area (Å²) in [5.41, 5.74) is 0. The molecule has 0 aliphatic carbocycles. The number of aryl methyl sites for hydroxylation is 1. The monoisotopic (exact) mass is 436 g/mol. The molecule has 1 aliphatic heterocycles. The summed E-state index contributed by atoms with van der Waals surface area (Å²) in [5.74, 6) is 2.61. The number of carbonyl (C=O) groups excluding carboxylic acids is 1. The van der Waals surface area contributed by atoms with Crippen molar-refractivity contribution >= 4 is 21.8 Å². The molecule has 0 saturated carbocycles. The molecule has 0 N–H and O–H groups in total. The van der Waals surface area contributed by atoms with Gasteiger partial charge in [0.2, 0.25) is 11.8 Å². The zero-order chi connectivity index (χ0) is 19.2. The van der Waals surface area contributed by atoms with Crippen LogP contribution in [0.3, 0.4) is 0 Å². The Labute approximate surface area is 167 Å². The third-order valence-corrected chi connectivity index (χ3v) is 5.30. The average molecular weight is 437 g/mol. The number of aromatic nitrogens is 2. The molecule has 1 aliphatic rings. The third kappa shape index (κ3) is 5.77. The average Bonchev–Trinajstić information content (AvgIpc) is 3.10. The number of ether oxygens (including phenoxy) is 1. The van der Waals surface area contributed by atoms with E-state index in [4.69, 9.17) is 9.26 Å². The number of carbonyl (C=O) groups is 1.